The molecule has 8 heteroatoms. The van der Waals surface area contributed by atoms with Crippen molar-refractivity contribution in [2.75, 3.05) is 31.7 Å². The van der Waals surface area contributed by atoms with Crippen LogP contribution >= 0.6 is 0 Å². The zero-order valence-electron chi connectivity index (χ0n) is 15.7. The quantitative estimate of drug-likeness (QED) is 0.820. The van der Waals surface area contributed by atoms with Crippen molar-refractivity contribution in [1.29, 1.82) is 5.26 Å². The lowest BCUT2D eigenvalue weighted by atomic mass is 9.81. The molecule has 2 aliphatic heterocycles. The smallest absolute Gasteiger partial charge is 0.254 e. The molecule has 146 valence electrons. The van der Waals surface area contributed by atoms with E-state index >= 15 is 0 Å². The van der Waals surface area contributed by atoms with Crippen LogP contribution in [0, 0.1) is 17.2 Å². The van der Waals surface area contributed by atoms with E-state index in [0.29, 0.717) is 25.5 Å². The predicted octanol–water partition coefficient (Wildman–Crippen LogP) is 2.11. The van der Waals surface area contributed by atoms with E-state index in [1.807, 2.05) is 24.3 Å². The molecule has 2 atom stereocenters. The van der Waals surface area contributed by atoms with Gasteiger partial charge in [-0.2, -0.15) is 10.4 Å². The molecule has 0 aliphatic carbocycles. The fourth-order valence-electron chi connectivity index (χ4n) is 3.64. The third kappa shape index (κ3) is 3.35. The highest BCUT2D eigenvalue weighted by Crippen LogP contribution is 2.33. The van der Waals surface area contributed by atoms with E-state index in [1.165, 1.54) is 5.56 Å². The Morgan fingerprint density at radius 3 is 2.71 bits per heavy atom. The Kier molecular flexibility index (Phi) is 4.79. The normalized spacial score (nSPS) is 23.4. The average Bonchev–Trinajstić information content (AvgIpc) is 3.10. The van der Waals surface area contributed by atoms with E-state index in [2.05, 4.69) is 23.4 Å². The zero-order chi connectivity index (χ0) is 19.7. The third-order valence-electron chi connectivity index (χ3n) is 5.52. The molecule has 1 aromatic carbocycles. The van der Waals surface area contributed by atoms with Crippen molar-refractivity contribution < 1.29 is 14.3 Å². The fourth-order valence-corrected chi connectivity index (χ4v) is 3.64. The Hall–Kier alpha value is -2.89. The molecule has 1 unspecified atom stereocenters. The van der Waals surface area contributed by atoms with Crippen LogP contribution in [-0.2, 0) is 14.9 Å². The van der Waals surface area contributed by atoms with Crippen molar-refractivity contribution in [2.45, 2.75) is 24.8 Å². The molecule has 2 aromatic rings. The van der Waals surface area contributed by atoms with Crippen LogP contribution in [0.15, 0.2) is 30.5 Å². The molecule has 2 saturated heterocycles. The molecule has 0 saturated carbocycles. The number of nitrogens with two attached hydrogens (primary N) is 1. The number of rotatable bonds is 5. The minimum absolute atomic E-state index is 0.0613. The Labute approximate surface area is 163 Å². The van der Waals surface area contributed by atoms with Crippen LogP contribution in [0.4, 0.5) is 11.5 Å². The van der Waals surface area contributed by atoms with Crippen LogP contribution in [0.2, 0.25) is 0 Å². The van der Waals surface area contributed by atoms with Crippen LogP contribution < -0.4 is 11.1 Å². The minimum atomic E-state index is -0.574. The summed E-state index contributed by atoms with van der Waals surface area (Å²) in [5.41, 5.74) is 7.90. The SMILES string of the molecule is CC1(c2ccc(Nc3nn([C@@H]4COCCC4C#N)cc3C(N)=O)cc2)COC1. The Bertz CT molecular complexity index is 911. The molecule has 2 fully saturated rings. The van der Waals surface area contributed by atoms with Gasteiger partial charge in [0.25, 0.3) is 5.91 Å². The third-order valence-corrected chi connectivity index (χ3v) is 5.52. The molecular weight excluding hydrogens is 358 g/mol. The van der Waals surface area contributed by atoms with Gasteiger partial charge >= 0.3 is 0 Å². The molecule has 0 bridgehead atoms. The van der Waals surface area contributed by atoms with Gasteiger partial charge in [0.15, 0.2) is 5.82 Å². The first-order chi connectivity index (χ1) is 13.5. The summed E-state index contributed by atoms with van der Waals surface area (Å²) in [7, 11) is 0. The van der Waals surface area contributed by atoms with Gasteiger partial charge in [0.05, 0.1) is 37.8 Å². The van der Waals surface area contributed by atoms with Gasteiger partial charge in [-0.1, -0.05) is 19.1 Å². The van der Waals surface area contributed by atoms with Crippen molar-refractivity contribution in [2.24, 2.45) is 11.7 Å². The molecule has 1 amide bonds. The molecule has 3 heterocycles. The van der Waals surface area contributed by atoms with Crippen LogP contribution in [0.25, 0.3) is 0 Å². The summed E-state index contributed by atoms with van der Waals surface area (Å²) in [5.74, 6) is -0.414. The standard InChI is InChI=1S/C20H23N5O3/c1-20(11-28-12-20)14-2-4-15(5-3-14)23-19-16(18(22)26)9-25(24-19)17-10-27-7-6-13(17)8-21/h2-5,9,13,17H,6-7,10-12H2,1H3,(H2,22,26)(H,23,24)/t13?,17-/m1/s1. The second-order valence-electron chi connectivity index (χ2n) is 7.66. The number of ether oxygens (including phenoxy) is 2. The lowest BCUT2D eigenvalue weighted by molar-refractivity contribution is -0.0499. The number of amides is 1. The summed E-state index contributed by atoms with van der Waals surface area (Å²) in [6.07, 6.45) is 2.23. The summed E-state index contributed by atoms with van der Waals surface area (Å²) < 4.78 is 12.4. The van der Waals surface area contributed by atoms with Crippen LogP contribution in [-0.4, -0.2) is 42.1 Å². The number of anilines is 2. The summed E-state index contributed by atoms with van der Waals surface area (Å²) in [5, 5.41) is 17.1. The van der Waals surface area contributed by atoms with Crippen molar-refractivity contribution in [3.05, 3.63) is 41.6 Å². The van der Waals surface area contributed by atoms with Gasteiger partial charge in [0, 0.05) is 23.9 Å². The molecule has 3 N–H and O–H groups in total. The largest absolute Gasteiger partial charge is 0.379 e. The maximum absolute atomic E-state index is 11.9. The molecule has 8 nitrogen and oxygen atoms in total. The van der Waals surface area contributed by atoms with Gasteiger partial charge in [-0.3, -0.25) is 9.48 Å². The van der Waals surface area contributed by atoms with Gasteiger partial charge < -0.3 is 20.5 Å². The minimum Gasteiger partial charge on any atom is -0.379 e. The van der Waals surface area contributed by atoms with E-state index in [0.717, 1.165) is 18.9 Å². The molecule has 0 spiro atoms. The predicted molar refractivity (Wildman–Crippen MR) is 102 cm³/mol. The maximum Gasteiger partial charge on any atom is 0.254 e. The zero-order valence-corrected chi connectivity index (χ0v) is 15.7. The first-order valence-electron chi connectivity index (χ1n) is 9.32. The van der Waals surface area contributed by atoms with Crippen molar-refractivity contribution >= 4 is 17.4 Å². The summed E-state index contributed by atoms with van der Waals surface area (Å²) in [4.78, 5) is 11.9. The number of aromatic nitrogens is 2. The van der Waals surface area contributed by atoms with Gasteiger partial charge in [0.2, 0.25) is 0 Å². The van der Waals surface area contributed by atoms with Gasteiger partial charge in [-0.05, 0) is 24.1 Å². The lowest BCUT2D eigenvalue weighted by Crippen LogP contribution is -2.43. The lowest BCUT2D eigenvalue weighted by Gasteiger charge is -2.38. The molecule has 4 rings (SSSR count). The van der Waals surface area contributed by atoms with E-state index in [-0.39, 0.29) is 22.9 Å². The number of nitrogens with zero attached hydrogens (tertiary/aromatic N) is 3. The number of primary amides is 1. The number of hydrogen-bond donors (Lipinski definition) is 2. The van der Waals surface area contributed by atoms with E-state index in [4.69, 9.17) is 15.2 Å². The summed E-state index contributed by atoms with van der Waals surface area (Å²) in [6, 6.07) is 10.1. The number of hydrogen-bond acceptors (Lipinski definition) is 6. The number of benzene rings is 1. The summed E-state index contributed by atoms with van der Waals surface area (Å²) >= 11 is 0. The molecule has 2 aliphatic rings. The number of nitriles is 1. The highest BCUT2D eigenvalue weighted by molar-refractivity contribution is 5.98. The molecule has 28 heavy (non-hydrogen) atoms. The molecular formula is C20H23N5O3. The number of nitrogens with one attached hydrogen (secondary N) is 1. The maximum atomic E-state index is 11.9. The van der Waals surface area contributed by atoms with Crippen molar-refractivity contribution in [3.8, 4) is 6.07 Å². The van der Waals surface area contributed by atoms with Crippen molar-refractivity contribution in [1.82, 2.24) is 9.78 Å². The first kappa shape index (κ1) is 18.5. The monoisotopic (exact) mass is 381 g/mol. The van der Waals surface area contributed by atoms with Gasteiger partial charge in [-0.25, -0.2) is 0 Å². The summed E-state index contributed by atoms with van der Waals surface area (Å²) in [6.45, 7) is 4.55. The molecule has 1 aromatic heterocycles. The van der Waals surface area contributed by atoms with Gasteiger partial charge in [0.1, 0.15) is 5.56 Å². The average molecular weight is 381 g/mol. The van der Waals surface area contributed by atoms with Crippen LogP contribution in [0.3, 0.4) is 0 Å². The fraction of sp³-hybridized carbons (Fsp3) is 0.450. The Morgan fingerprint density at radius 1 is 1.36 bits per heavy atom. The Balaban J connectivity index is 1.58. The topological polar surface area (TPSA) is 115 Å². The highest BCUT2D eigenvalue weighted by Gasteiger charge is 2.35. The first-order valence-corrected chi connectivity index (χ1v) is 9.32. The molecule has 0 radical (unpaired) electrons. The van der Waals surface area contributed by atoms with Crippen LogP contribution in [0.5, 0.6) is 0 Å². The van der Waals surface area contributed by atoms with Crippen molar-refractivity contribution in [3.63, 3.8) is 0 Å². The Morgan fingerprint density at radius 2 is 2.11 bits per heavy atom. The number of carbonyl (C=O) groups excluding carboxylic acids is 1. The number of carbonyl (C=O) groups is 1. The van der Waals surface area contributed by atoms with Crippen LogP contribution in [0.1, 0.15) is 35.3 Å². The van der Waals surface area contributed by atoms with E-state index < -0.39 is 5.91 Å². The van der Waals surface area contributed by atoms with E-state index in [9.17, 15) is 10.1 Å². The van der Waals surface area contributed by atoms with E-state index in [1.54, 1.807) is 10.9 Å². The second-order valence-corrected chi connectivity index (χ2v) is 7.66. The highest BCUT2D eigenvalue weighted by atomic mass is 16.5. The second kappa shape index (κ2) is 7.26. The van der Waals surface area contributed by atoms with Gasteiger partial charge in [-0.15, -0.1) is 0 Å².